The molecule has 2 aliphatic heterocycles. The summed E-state index contributed by atoms with van der Waals surface area (Å²) in [6, 6.07) is 0. The molecule has 3 rings (SSSR count). The molecule has 3 heterocycles. The van der Waals surface area contributed by atoms with Crippen molar-refractivity contribution in [3.63, 3.8) is 0 Å². The Morgan fingerprint density at radius 3 is 2.73 bits per heavy atom. The van der Waals surface area contributed by atoms with Gasteiger partial charge in [0.25, 0.3) is 0 Å². The molecule has 0 bridgehead atoms. The molecule has 1 fully saturated rings. The van der Waals surface area contributed by atoms with Gasteiger partial charge in [0.15, 0.2) is 5.82 Å². The first-order valence-corrected chi connectivity index (χ1v) is 8.26. The molecule has 1 aromatic rings. The number of amides is 1. The monoisotopic (exact) mass is 307 g/mol. The molecular formula is C15H25N5O2. The van der Waals surface area contributed by atoms with Crippen molar-refractivity contribution in [1.82, 2.24) is 24.6 Å². The Morgan fingerprint density at radius 2 is 1.95 bits per heavy atom. The average Bonchev–Trinajstić information content (AvgIpc) is 3.10. The minimum atomic E-state index is 0.0411. The van der Waals surface area contributed by atoms with Crippen molar-refractivity contribution in [3.05, 3.63) is 11.6 Å². The third kappa shape index (κ3) is 3.47. The van der Waals surface area contributed by atoms with Gasteiger partial charge >= 0.3 is 0 Å². The summed E-state index contributed by atoms with van der Waals surface area (Å²) in [7, 11) is 0. The number of carbonyl (C=O) groups excluding carboxylic acids is 1. The van der Waals surface area contributed by atoms with Crippen molar-refractivity contribution < 1.29 is 9.53 Å². The number of hydrogen-bond acceptors (Lipinski definition) is 5. The second-order valence-electron chi connectivity index (χ2n) is 5.97. The molecule has 7 heteroatoms. The normalized spacial score (nSPS) is 19.2. The first-order valence-electron chi connectivity index (χ1n) is 8.26. The first kappa shape index (κ1) is 15.4. The van der Waals surface area contributed by atoms with E-state index >= 15 is 0 Å². The molecule has 1 aromatic heterocycles. The van der Waals surface area contributed by atoms with Gasteiger partial charge in [-0.05, 0) is 39.3 Å². The smallest absolute Gasteiger partial charge is 0.248 e. The zero-order valence-electron chi connectivity index (χ0n) is 13.3. The Kier molecular flexibility index (Phi) is 5.04. The third-order valence-corrected chi connectivity index (χ3v) is 4.39. The highest BCUT2D eigenvalue weighted by atomic mass is 16.5. The quantitative estimate of drug-likeness (QED) is 0.799. The van der Waals surface area contributed by atoms with Gasteiger partial charge in [-0.1, -0.05) is 0 Å². The Morgan fingerprint density at radius 1 is 1.14 bits per heavy atom. The lowest BCUT2D eigenvalue weighted by molar-refractivity contribution is -0.136. The Hall–Kier alpha value is -1.47. The van der Waals surface area contributed by atoms with Crippen molar-refractivity contribution in [2.75, 3.05) is 32.8 Å². The lowest BCUT2D eigenvalue weighted by Crippen LogP contribution is -2.34. The van der Waals surface area contributed by atoms with Crippen LogP contribution in [0.4, 0.5) is 0 Å². The third-order valence-electron chi connectivity index (χ3n) is 4.39. The summed E-state index contributed by atoms with van der Waals surface area (Å²) in [5, 5.41) is 8.68. The van der Waals surface area contributed by atoms with Gasteiger partial charge in [0.1, 0.15) is 12.4 Å². The molecule has 0 N–H and O–H groups in total. The molecule has 7 nitrogen and oxygen atoms in total. The number of aromatic nitrogens is 3. The first-order chi connectivity index (χ1) is 10.8. The molecule has 122 valence electrons. The van der Waals surface area contributed by atoms with E-state index < -0.39 is 0 Å². The highest BCUT2D eigenvalue weighted by Crippen LogP contribution is 2.16. The van der Waals surface area contributed by atoms with E-state index in [0.29, 0.717) is 13.2 Å². The summed E-state index contributed by atoms with van der Waals surface area (Å²) >= 11 is 0. The molecule has 1 amide bonds. The number of hydrogen-bond donors (Lipinski definition) is 0. The minimum Gasteiger partial charge on any atom is -0.372 e. The topological polar surface area (TPSA) is 63.5 Å². The van der Waals surface area contributed by atoms with Gasteiger partial charge in [0.2, 0.25) is 5.91 Å². The molecule has 2 aliphatic rings. The Balaban J connectivity index is 1.66. The van der Waals surface area contributed by atoms with E-state index in [1.165, 1.54) is 12.8 Å². The van der Waals surface area contributed by atoms with Gasteiger partial charge < -0.3 is 14.2 Å². The zero-order chi connectivity index (χ0) is 15.4. The number of nitrogens with zero attached hydrogens (tertiary/aromatic N) is 5. The second kappa shape index (κ2) is 7.19. The van der Waals surface area contributed by atoms with Gasteiger partial charge in [0.05, 0.1) is 13.1 Å². The fourth-order valence-electron chi connectivity index (χ4n) is 3.17. The largest absolute Gasteiger partial charge is 0.372 e. The lowest BCUT2D eigenvalue weighted by atomic mass is 10.3. The standard InChI is InChI=1S/C15H25N5O2/c1-2-22-12-15(21)19-8-5-9-20-13(16-17-14(20)11-19)10-18-6-3-4-7-18/h2-12H2,1H3. The summed E-state index contributed by atoms with van der Waals surface area (Å²) in [5.41, 5.74) is 0. The Labute approximate surface area is 131 Å². The van der Waals surface area contributed by atoms with Crippen molar-refractivity contribution >= 4 is 5.91 Å². The summed E-state index contributed by atoms with van der Waals surface area (Å²) < 4.78 is 7.43. The molecule has 0 aromatic carbocycles. The lowest BCUT2D eigenvalue weighted by Gasteiger charge is -2.19. The Bertz CT molecular complexity index is 510. The fraction of sp³-hybridized carbons (Fsp3) is 0.800. The van der Waals surface area contributed by atoms with Gasteiger partial charge in [-0.25, -0.2) is 0 Å². The van der Waals surface area contributed by atoms with E-state index in [4.69, 9.17) is 4.74 Å². The zero-order valence-corrected chi connectivity index (χ0v) is 13.3. The van der Waals surface area contributed by atoms with Gasteiger partial charge in [0, 0.05) is 19.7 Å². The van der Waals surface area contributed by atoms with Crippen LogP contribution in [-0.4, -0.2) is 63.3 Å². The maximum Gasteiger partial charge on any atom is 0.248 e. The van der Waals surface area contributed by atoms with E-state index in [1.54, 1.807) is 0 Å². The molecule has 0 unspecified atom stereocenters. The molecule has 0 atom stereocenters. The van der Waals surface area contributed by atoms with Crippen LogP contribution in [0.5, 0.6) is 0 Å². The summed E-state index contributed by atoms with van der Waals surface area (Å²) in [6.07, 6.45) is 3.50. The van der Waals surface area contributed by atoms with Crippen LogP contribution in [0.15, 0.2) is 0 Å². The van der Waals surface area contributed by atoms with E-state index in [9.17, 15) is 4.79 Å². The van der Waals surface area contributed by atoms with Crippen molar-refractivity contribution in [2.24, 2.45) is 0 Å². The summed E-state index contributed by atoms with van der Waals surface area (Å²) in [4.78, 5) is 16.4. The molecule has 0 aliphatic carbocycles. The second-order valence-corrected chi connectivity index (χ2v) is 5.97. The number of ether oxygens (including phenoxy) is 1. The molecule has 1 saturated heterocycles. The molecule has 22 heavy (non-hydrogen) atoms. The highest BCUT2D eigenvalue weighted by molar-refractivity contribution is 5.77. The maximum atomic E-state index is 12.1. The highest BCUT2D eigenvalue weighted by Gasteiger charge is 2.23. The molecule has 0 radical (unpaired) electrons. The van der Waals surface area contributed by atoms with Crippen LogP contribution in [0, 0.1) is 0 Å². The number of rotatable bonds is 5. The fourth-order valence-corrected chi connectivity index (χ4v) is 3.17. The predicted molar refractivity (Wildman–Crippen MR) is 81.1 cm³/mol. The van der Waals surface area contributed by atoms with Crippen molar-refractivity contribution in [2.45, 2.75) is 45.8 Å². The minimum absolute atomic E-state index is 0.0411. The van der Waals surface area contributed by atoms with E-state index in [0.717, 1.165) is 50.8 Å². The van der Waals surface area contributed by atoms with Crippen molar-refractivity contribution in [3.8, 4) is 0 Å². The average molecular weight is 307 g/mol. The maximum absolute atomic E-state index is 12.1. The van der Waals surface area contributed by atoms with Gasteiger partial charge in [-0.2, -0.15) is 0 Å². The van der Waals surface area contributed by atoms with Crippen LogP contribution >= 0.6 is 0 Å². The number of fused-ring (bicyclic) bond motifs is 1. The van der Waals surface area contributed by atoms with E-state index in [2.05, 4.69) is 19.7 Å². The number of likely N-dealkylation sites (tertiary alicyclic amines) is 1. The van der Waals surface area contributed by atoms with E-state index in [-0.39, 0.29) is 12.5 Å². The molecular weight excluding hydrogens is 282 g/mol. The van der Waals surface area contributed by atoms with Crippen molar-refractivity contribution in [1.29, 1.82) is 0 Å². The molecule has 0 spiro atoms. The van der Waals surface area contributed by atoms with Crippen LogP contribution in [0.3, 0.4) is 0 Å². The van der Waals surface area contributed by atoms with Gasteiger partial charge in [-0.15, -0.1) is 10.2 Å². The predicted octanol–water partition coefficient (Wildman–Crippen LogP) is 0.643. The summed E-state index contributed by atoms with van der Waals surface area (Å²) in [5.74, 6) is 1.98. The number of carbonyl (C=O) groups is 1. The van der Waals surface area contributed by atoms with Crippen LogP contribution in [0.2, 0.25) is 0 Å². The van der Waals surface area contributed by atoms with Gasteiger partial charge in [-0.3, -0.25) is 9.69 Å². The summed E-state index contributed by atoms with van der Waals surface area (Å²) in [6.45, 7) is 8.00. The SMILES string of the molecule is CCOCC(=O)N1CCCn2c(CN3CCCC3)nnc2C1. The molecule has 0 saturated carbocycles. The van der Waals surface area contributed by atoms with Crippen LogP contribution < -0.4 is 0 Å². The van der Waals surface area contributed by atoms with Crippen LogP contribution in [0.25, 0.3) is 0 Å². The van der Waals surface area contributed by atoms with Crippen LogP contribution in [-0.2, 0) is 29.2 Å². The van der Waals surface area contributed by atoms with E-state index in [1.807, 2.05) is 11.8 Å². The van der Waals surface area contributed by atoms with Crippen LogP contribution in [0.1, 0.15) is 37.8 Å².